The fraction of sp³-hybridized carbons (Fsp3) is 0.458. The Bertz CT molecular complexity index is 890. The molecule has 0 fully saturated rings. The number of hydrogen-bond acceptors (Lipinski definition) is 7. The fourth-order valence-corrected chi connectivity index (χ4v) is 2.72. The molecule has 8 heteroatoms. The van der Waals surface area contributed by atoms with Crippen LogP contribution >= 0.6 is 0 Å². The largest absolute Gasteiger partial charge is 0.445 e. The highest BCUT2D eigenvalue weighted by Gasteiger charge is 2.13. The highest BCUT2D eigenvalue weighted by molar-refractivity contribution is 5.67. The van der Waals surface area contributed by atoms with Crippen LogP contribution in [0.1, 0.15) is 44.1 Å². The summed E-state index contributed by atoms with van der Waals surface area (Å²) < 4.78 is 16.2. The number of hydrogen-bond donors (Lipinski definition) is 2. The van der Waals surface area contributed by atoms with Gasteiger partial charge >= 0.3 is 6.09 Å². The maximum Gasteiger partial charge on any atom is 0.407 e. The Labute approximate surface area is 190 Å². The van der Waals surface area contributed by atoms with E-state index in [1.54, 1.807) is 6.20 Å². The molecule has 2 N–H and O–H groups in total. The van der Waals surface area contributed by atoms with Gasteiger partial charge in [-0.15, -0.1) is 0 Å². The van der Waals surface area contributed by atoms with E-state index in [0.29, 0.717) is 37.0 Å². The Hall–Kier alpha value is -3.15. The SMILES string of the molecule is CCOC(C#Cc1cnc(C)nc1NCC(CC)NC(=O)OCc1ccccc1)OCC. The van der Waals surface area contributed by atoms with Crippen molar-refractivity contribution in [2.75, 3.05) is 25.1 Å². The second-order valence-electron chi connectivity index (χ2n) is 6.88. The number of alkyl carbamates (subject to hydrolysis) is 1. The summed E-state index contributed by atoms with van der Waals surface area (Å²) in [5.41, 5.74) is 1.56. The summed E-state index contributed by atoms with van der Waals surface area (Å²) in [6.07, 6.45) is 1.31. The van der Waals surface area contributed by atoms with E-state index in [0.717, 1.165) is 12.0 Å². The summed E-state index contributed by atoms with van der Waals surface area (Å²) in [6.45, 7) is 9.26. The molecule has 1 amide bonds. The number of anilines is 1. The molecule has 0 aliphatic rings. The van der Waals surface area contributed by atoms with Gasteiger partial charge in [-0.1, -0.05) is 43.2 Å². The maximum absolute atomic E-state index is 12.2. The third-order valence-corrected chi connectivity index (χ3v) is 4.41. The van der Waals surface area contributed by atoms with Gasteiger partial charge in [0.1, 0.15) is 18.2 Å². The maximum atomic E-state index is 12.2. The normalized spacial score (nSPS) is 11.4. The molecule has 0 saturated carbocycles. The number of aromatic nitrogens is 2. The summed E-state index contributed by atoms with van der Waals surface area (Å²) in [7, 11) is 0. The van der Waals surface area contributed by atoms with Gasteiger partial charge in [0.25, 0.3) is 0 Å². The van der Waals surface area contributed by atoms with Crippen molar-refractivity contribution in [1.29, 1.82) is 0 Å². The van der Waals surface area contributed by atoms with Crippen molar-refractivity contribution in [3.63, 3.8) is 0 Å². The minimum Gasteiger partial charge on any atom is -0.445 e. The highest BCUT2D eigenvalue weighted by atomic mass is 16.7. The van der Waals surface area contributed by atoms with Crippen LogP contribution in [-0.4, -0.2) is 48.2 Å². The Kier molecular flexibility index (Phi) is 11.0. The molecule has 0 saturated heterocycles. The van der Waals surface area contributed by atoms with Gasteiger partial charge in [-0.05, 0) is 38.7 Å². The van der Waals surface area contributed by atoms with Gasteiger partial charge in [-0.2, -0.15) is 0 Å². The van der Waals surface area contributed by atoms with Crippen molar-refractivity contribution in [1.82, 2.24) is 15.3 Å². The van der Waals surface area contributed by atoms with Crippen LogP contribution in [0.15, 0.2) is 36.5 Å². The number of benzene rings is 1. The topological polar surface area (TPSA) is 94.6 Å². The number of amides is 1. The van der Waals surface area contributed by atoms with Crippen molar-refractivity contribution in [3.05, 3.63) is 53.5 Å². The third kappa shape index (κ3) is 8.92. The molecule has 1 atom stereocenters. The average Bonchev–Trinajstić information content (AvgIpc) is 2.80. The molecule has 32 heavy (non-hydrogen) atoms. The molecular formula is C24H32N4O4. The lowest BCUT2D eigenvalue weighted by Crippen LogP contribution is -2.39. The van der Waals surface area contributed by atoms with E-state index < -0.39 is 12.4 Å². The zero-order chi connectivity index (χ0) is 23.2. The molecule has 8 nitrogen and oxygen atoms in total. The van der Waals surface area contributed by atoms with Crippen LogP contribution in [0.5, 0.6) is 0 Å². The summed E-state index contributed by atoms with van der Waals surface area (Å²) in [5.74, 6) is 7.20. The van der Waals surface area contributed by atoms with E-state index in [1.807, 2.05) is 58.0 Å². The van der Waals surface area contributed by atoms with Gasteiger partial charge in [-0.3, -0.25) is 0 Å². The molecule has 172 valence electrons. The Balaban J connectivity index is 1.97. The van der Waals surface area contributed by atoms with E-state index in [1.165, 1.54) is 0 Å². The molecule has 1 heterocycles. The van der Waals surface area contributed by atoms with Crippen molar-refractivity contribution in [2.45, 2.75) is 53.1 Å². The minimum absolute atomic E-state index is 0.144. The summed E-state index contributed by atoms with van der Waals surface area (Å²) in [6, 6.07) is 9.41. The Morgan fingerprint density at radius 3 is 2.50 bits per heavy atom. The number of carbonyl (C=O) groups is 1. The molecule has 1 aromatic carbocycles. The van der Waals surface area contributed by atoms with Gasteiger partial charge in [-0.25, -0.2) is 14.8 Å². The number of rotatable bonds is 11. The van der Waals surface area contributed by atoms with Crippen LogP contribution in [-0.2, 0) is 20.8 Å². The lowest BCUT2D eigenvalue weighted by molar-refractivity contribution is -0.0969. The predicted molar refractivity (Wildman–Crippen MR) is 123 cm³/mol. The first-order valence-electron chi connectivity index (χ1n) is 10.8. The van der Waals surface area contributed by atoms with Crippen LogP contribution in [0.2, 0.25) is 0 Å². The molecule has 0 aliphatic carbocycles. The van der Waals surface area contributed by atoms with E-state index >= 15 is 0 Å². The number of carbonyl (C=O) groups excluding carboxylic acids is 1. The third-order valence-electron chi connectivity index (χ3n) is 4.41. The Morgan fingerprint density at radius 2 is 1.84 bits per heavy atom. The van der Waals surface area contributed by atoms with Crippen LogP contribution in [0.3, 0.4) is 0 Å². The standard InChI is InChI=1S/C24H32N4O4/c1-5-21(28-24(29)32-17-19-11-9-8-10-12-19)16-26-23-20(15-25-18(4)27-23)13-14-22(30-6-2)31-7-3/h8-12,15,21-22H,5-7,16-17H2,1-4H3,(H,28,29)(H,25,26,27). The van der Waals surface area contributed by atoms with Crippen LogP contribution in [0.4, 0.5) is 10.6 Å². The van der Waals surface area contributed by atoms with Crippen molar-refractivity contribution in [2.24, 2.45) is 0 Å². The second kappa shape index (κ2) is 14.0. The highest BCUT2D eigenvalue weighted by Crippen LogP contribution is 2.11. The van der Waals surface area contributed by atoms with Crippen molar-refractivity contribution in [3.8, 4) is 11.8 Å². The summed E-state index contributed by atoms with van der Waals surface area (Å²) >= 11 is 0. The second-order valence-corrected chi connectivity index (χ2v) is 6.88. The number of nitrogens with one attached hydrogen (secondary N) is 2. The molecule has 1 aromatic heterocycles. The molecule has 0 spiro atoms. The Morgan fingerprint density at radius 1 is 1.12 bits per heavy atom. The van der Waals surface area contributed by atoms with Gasteiger partial charge < -0.3 is 24.8 Å². The quantitative estimate of drug-likeness (QED) is 0.407. The van der Waals surface area contributed by atoms with Gasteiger partial charge in [0.2, 0.25) is 6.29 Å². The van der Waals surface area contributed by atoms with Crippen LogP contribution in [0, 0.1) is 18.8 Å². The zero-order valence-corrected chi connectivity index (χ0v) is 19.2. The zero-order valence-electron chi connectivity index (χ0n) is 19.2. The van der Waals surface area contributed by atoms with Gasteiger partial charge in [0.15, 0.2) is 0 Å². The number of nitrogens with zero attached hydrogens (tertiary/aromatic N) is 2. The lowest BCUT2D eigenvalue weighted by Gasteiger charge is -2.18. The number of aryl methyl sites for hydroxylation is 1. The van der Waals surface area contributed by atoms with Gasteiger partial charge in [0, 0.05) is 32.0 Å². The monoisotopic (exact) mass is 440 g/mol. The number of ether oxygens (including phenoxy) is 3. The molecule has 0 radical (unpaired) electrons. The first kappa shape index (κ1) is 25.1. The fourth-order valence-electron chi connectivity index (χ4n) is 2.72. The summed E-state index contributed by atoms with van der Waals surface area (Å²) in [4.78, 5) is 20.9. The first-order chi connectivity index (χ1) is 15.5. The molecule has 0 aliphatic heterocycles. The molecule has 2 rings (SSSR count). The van der Waals surface area contributed by atoms with Crippen molar-refractivity contribution >= 4 is 11.9 Å². The molecular weight excluding hydrogens is 408 g/mol. The minimum atomic E-state index is -0.608. The van der Waals surface area contributed by atoms with Crippen LogP contribution < -0.4 is 10.6 Å². The van der Waals surface area contributed by atoms with E-state index in [4.69, 9.17) is 14.2 Å². The molecule has 0 bridgehead atoms. The predicted octanol–water partition coefficient (Wildman–Crippen LogP) is 3.65. The average molecular weight is 441 g/mol. The van der Waals surface area contributed by atoms with E-state index in [-0.39, 0.29) is 12.6 Å². The molecule has 1 unspecified atom stereocenters. The first-order valence-corrected chi connectivity index (χ1v) is 10.8. The summed E-state index contributed by atoms with van der Waals surface area (Å²) in [5, 5.41) is 6.15. The van der Waals surface area contributed by atoms with E-state index in [9.17, 15) is 4.79 Å². The molecule has 2 aromatic rings. The van der Waals surface area contributed by atoms with Crippen molar-refractivity contribution < 1.29 is 19.0 Å². The smallest absolute Gasteiger partial charge is 0.407 e. The van der Waals surface area contributed by atoms with E-state index in [2.05, 4.69) is 32.4 Å². The lowest BCUT2D eigenvalue weighted by atomic mass is 10.2. The van der Waals surface area contributed by atoms with Gasteiger partial charge in [0.05, 0.1) is 5.56 Å². The van der Waals surface area contributed by atoms with Crippen LogP contribution in [0.25, 0.3) is 0 Å².